The van der Waals surface area contributed by atoms with Crippen LogP contribution < -0.4 is 5.73 Å². The van der Waals surface area contributed by atoms with Gasteiger partial charge in [0.25, 0.3) is 0 Å². The van der Waals surface area contributed by atoms with E-state index in [1.807, 2.05) is 18.3 Å². The Bertz CT molecular complexity index is 607. The third-order valence-corrected chi connectivity index (χ3v) is 5.21. The molecule has 0 amide bonds. The minimum Gasteiger partial charge on any atom is -0.375 e. The van der Waals surface area contributed by atoms with Crippen LogP contribution in [0.3, 0.4) is 0 Å². The van der Waals surface area contributed by atoms with Crippen LogP contribution in [0.25, 0.3) is 0 Å². The maximum atomic E-state index is 13.8. The van der Waals surface area contributed by atoms with Gasteiger partial charge in [0.15, 0.2) is 5.13 Å². The monoisotopic (exact) mass is 319 g/mol. The van der Waals surface area contributed by atoms with Gasteiger partial charge < -0.3 is 5.73 Å². The minimum absolute atomic E-state index is 0.101. The first-order valence-electron chi connectivity index (χ1n) is 7.90. The molecule has 1 fully saturated rings. The predicted molar refractivity (Wildman–Crippen MR) is 89.3 cm³/mol. The van der Waals surface area contributed by atoms with Crippen LogP contribution in [0.4, 0.5) is 9.52 Å². The van der Waals surface area contributed by atoms with Crippen molar-refractivity contribution in [3.8, 4) is 0 Å². The molecule has 0 saturated heterocycles. The molecule has 1 saturated carbocycles. The molecule has 1 aromatic heterocycles. The predicted octanol–water partition coefficient (Wildman–Crippen LogP) is 3.85. The van der Waals surface area contributed by atoms with E-state index in [1.54, 1.807) is 23.5 Å². The molecule has 1 aromatic carbocycles. The van der Waals surface area contributed by atoms with Crippen molar-refractivity contribution < 1.29 is 4.39 Å². The summed E-state index contributed by atoms with van der Waals surface area (Å²) in [4.78, 5) is 7.81. The second kappa shape index (κ2) is 7.20. The van der Waals surface area contributed by atoms with Crippen LogP contribution in [0.5, 0.6) is 0 Å². The molecule has 2 aromatic rings. The fourth-order valence-corrected chi connectivity index (χ4v) is 3.93. The number of nitrogen functional groups attached to an aromatic ring is 1. The molecule has 2 N–H and O–H groups in total. The van der Waals surface area contributed by atoms with Crippen LogP contribution in [0.15, 0.2) is 30.5 Å². The number of rotatable bonds is 6. The summed E-state index contributed by atoms with van der Waals surface area (Å²) < 4.78 is 13.8. The third-order valence-electron chi connectivity index (χ3n) is 4.40. The molecule has 0 atom stereocenters. The Labute approximate surface area is 135 Å². The molecule has 0 bridgehead atoms. The molecular formula is C17H22FN3S. The molecular weight excluding hydrogens is 297 g/mol. The Balaban J connectivity index is 1.67. The molecule has 5 heteroatoms. The van der Waals surface area contributed by atoms with E-state index in [-0.39, 0.29) is 5.82 Å². The second-order valence-electron chi connectivity index (χ2n) is 5.91. The molecule has 0 spiro atoms. The standard InChI is InChI=1S/C17H22FN3S/c18-16-8-4-1-5-13(16)9-10-21(14-6-2-3-7-14)12-15-11-20-17(19)22-15/h1,4-5,8,11,14H,2-3,6-7,9-10,12H2,(H2,19,20). The maximum absolute atomic E-state index is 13.8. The molecule has 0 radical (unpaired) electrons. The topological polar surface area (TPSA) is 42.1 Å². The van der Waals surface area contributed by atoms with Crippen molar-refractivity contribution in [1.29, 1.82) is 0 Å². The average Bonchev–Trinajstić information content (AvgIpc) is 3.16. The Hall–Kier alpha value is -1.46. The Morgan fingerprint density at radius 1 is 1.27 bits per heavy atom. The fourth-order valence-electron chi connectivity index (χ4n) is 3.22. The number of benzene rings is 1. The number of anilines is 1. The Morgan fingerprint density at radius 3 is 2.73 bits per heavy atom. The van der Waals surface area contributed by atoms with Gasteiger partial charge in [0, 0.05) is 30.2 Å². The van der Waals surface area contributed by atoms with Gasteiger partial charge >= 0.3 is 0 Å². The van der Waals surface area contributed by atoms with Gasteiger partial charge in [0.05, 0.1) is 0 Å². The van der Waals surface area contributed by atoms with Gasteiger partial charge in [0.2, 0.25) is 0 Å². The SMILES string of the molecule is Nc1ncc(CN(CCc2ccccc2F)C2CCCC2)s1. The van der Waals surface area contributed by atoms with Gasteiger partial charge in [0.1, 0.15) is 5.82 Å². The van der Waals surface area contributed by atoms with E-state index in [2.05, 4.69) is 9.88 Å². The molecule has 22 heavy (non-hydrogen) atoms. The Kier molecular flexibility index (Phi) is 5.05. The fraction of sp³-hybridized carbons (Fsp3) is 0.471. The summed E-state index contributed by atoms with van der Waals surface area (Å²) >= 11 is 1.55. The zero-order valence-electron chi connectivity index (χ0n) is 12.7. The maximum Gasteiger partial charge on any atom is 0.180 e. The second-order valence-corrected chi connectivity index (χ2v) is 7.06. The van der Waals surface area contributed by atoms with Crippen LogP contribution in [0, 0.1) is 5.82 Å². The molecule has 1 heterocycles. The number of thiazole rings is 1. The van der Waals surface area contributed by atoms with Gasteiger partial charge in [-0.1, -0.05) is 31.0 Å². The summed E-state index contributed by atoms with van der Waals surface area (Å²) in [6.07, 6.45) is 7.69. The van der Waals surface area contributed by atoms with Crippen molar-refractivity contribution in [1.82, 2.24) is 9.88 Å². The highest BCUT2D eigenvalue weighted by molar-refractivity contribution is 7.15. The molecule has 0 aliphatic heterocycles. The number of hydrogen-bond acceptors (Lipinski definition) is 4. The van der Waals surface area contributed by atoms with Gasteiger partial charge in [-0.05, 0) is 30.9 Å². The quantitative estimate of drug-likeness (QED) is 0.879. The normalized spacial score (nSPS) is 15.7. The van der Waals surface area contributed by atoms with E-state index in [4.69, 9.17) is 5.73 Å². The number of nitrogens with two attached hydrogens (primary N) is 1. The summed E-state index contributed by atoms with van der Waals surface area (Å²) in [6.45, 7) is 1.75. The van der Waals surface area contributed by atoms with Crippen LogP contribution in [0.2, 0.25) is 0 Å². The van der Waals surface area contributed by atoms with Crippen molar-refractivity contribution in [2.24, 2.45) is 0 Å². The number of halogens is 1. The van der Waals surface area contributed by atoms with Crippen molar-refractivity contribution in [3.05, 3.63) is 46.7 Å². The summed E-state index contributed by atoms with van der Waals surface area (Å²) in [6, 6.07) is 7.68. The smallest absolute Gasteiger partial charge is 0.180 e. The van der Waals surface area contributed by atoms with Gasteiger partial charge in [-0.2, -0.15) is 0 Å². The number of hydrogen-bond donors (Lipinski definition) is 1. The lowest BCUT2D eigenvalue weighted by Gasteiger charge is -2.28. The first-order valence-corrected chi connectivity index (χ1v) is 8.71. The highest BCUT2D eigenvalue weighted by atomic mass is 32.1. The van der Waals surface area contributed by atoms with E-state index < -0.39 is 0 Å². The van der Waals surface area contributed by atoms with Gasteiger partial charge in [-0.15, -0.1) is 11.3 Å². The van der Waals surface area contributed by atoms with Gasteiger partial charge in [-0.25, -0.2) is 9.37 Å². The Morgan fingerprint density at radius 2 is 2.05 bits per heavy atom. The van der Waals surface area contributed by atoms with Gasteiger partial charge in [-0.3, -0.25) is 4.90 Å². The summed E-state index contributed by atoms with van der Waals surface area (Å²) in [5, 5.41) is 0.621. The van der Waals surface area contributed by atoms with Crippen LogP contribution in [-0.4, -0.2) is 22.5 Å². The van der Waals surface area contributed by atoms with Crippen molar-refractivity contribution in [3.63, 3.8) is 0 Å². The van der Waals surface area contributed by atoms with Crippen LogP contribution >= 0.6 is 11.3 Å². The van der Waals surface area contributed by atoms with Crippen molar-refractivity contribution in [2.45, 2.75) is 44.7 Å². The lowest BCUT2D eigenvalue weighted by molar-refractivity contribution is 0.193. The first-order chi connectivity index (χ1) is 10.7. The number of nitrogens with zero attached hydrogens (tertiary/aromatic N) is 2. The van der Waals surface area contributed by atoms with E-state index in [0.29, 0.717) is 11.2 Å². The molecule has 1 aliphatic carbocycles. The van der Waals surface area contributed by atoms with E-state index >= 15 is 0 Å². The lowest BCUT2D eigenvalue weighted by atomic mass is 10.1. The minimum atomic E-state index is -0.101. The molecule has 0 unspecified atom stereocenters. The highest BCUT2D eigenvalue weighted by Crippen LogP contribution is 2.27. The van der Waals surface area contributed by atoms with Crippen molar-refractivity contribution >= 4 is 16.5 Å². The van der Waals surface area contributed by atoms with E-state index in [0.717, 1.165) is 25.1 Å². The summed E-state index contributed by atoms with van der Waals surface area (Å²) in [7, 11) is 0. The van der Waals surface area contributed by atoms with E-state index in [9.17, 15) is 4.39 Å². The lowest BCUT2D eigenvalue weighted by Crippen LogP contribution is -2.34. The molecule has 118 valence electrons. The molecule has 3 nitrogen and oxygen atoms in total. The highest BCUT2D eigenvalue weighted by Gasteiger charge is 2.23. The van der Waals surface area contributed by atoms with Crippen molar-refractivity contribution in [2.75, 3.05) is 12.3 Å². The summed E-state index contributed by atoms with van der Waals surface area (Å²) in [5.41, 5.74) is 6.53. The van der Waals surface area contributed by atoms with Crippen LogP contribution in [0.1, 0.15) is 36.1 Å². The van der Waals surface area contributed by atoms with Crippen LogP contribution in [-0.2, 0) is 13.0 Å². The first kappa shape index (κ1) is 15.4. The zero-order chi connectivity index (χ0) is 15.4. The average molecular weight is 319 g/mol. The third kappa shape index (κ3) is 3.84. The molecule has 1 aliphatic rings. The number of aromatic nitrogens is 1. The largest absolute Gasteiger partial charge is 0.375 e. The summed E-state index contributed by atoms with van der Waals surface area (Å²) in [5.74, 6) is -0.101. The molecule has 3 rings (SSSR count). The van der Waals surface area contributed by atoms with E-state index in [1.165, 1.54) is 30.6 Å². The zero-order valence-corrected chi connectivity index (χ0v) is 13.5.